The van der Waals surface area contributed by atoms with Crippen molar-refractivity contribution < 1.29 is 9.53 Å². The lowest BCUT2D eigenvalue weighted by Crippen LogP contribution is -2.15. The lowest BCUT2D eigenvalue weighted by Gasteiger charge is -2.12. The summed E-state index contributed by atoms with van der Waals surface area (Å²) in [6.45, 7) is 0. The molecule has 0 aromatic heterocycles. The van der Waals surface area contributed by atoms with Gasteiger partial charge in [0.05, 0.1) is 7.11 Å². The third-order valence-corrected chi connectivity index (χ3v) is 4.24. The molecule has 0 spiro atoms. The Morgan fingerprint density at radius 1 is 1.00 bits per heavy atom. The van der Waals surface area contributed by atoms with Crippen LogP contribution in [0.2, 0.25) is 0 Å². The average molecular weight is 331 g/mol. The van der Waals surface area contributed by atoms with Crippen molar-refractivity contribution in [1.82, 2.24) is 5.32 Å². The van der Waals surface area contributed by atoms with Crippen LogP contribution in [0.4, 0.5) is 0 Å². The number of hydrogen-bond donors (Lipinski definition) is 1. The van der Waals surface area contributed by atoms with Crippen LogP contribution in [0.5, 0.6) is 5.75 Å². The summed E-state index contributed by atoms with van der Waals surface area (Å²) in [6.07, 6.45) is 2.36. The summed E-state index contributed by atoms with van der Waals surface area (Å²) in [4.78, 5) is 12.0. The summed E-state index contributed by atoms with van der Waals surface area (Å²) in [7, 11) is 3.30. The SMILES string of the molecule is CNC(=O)C=C(Cc1ccc(OC)cc1)c1cccc2ccccc12. The standard InChI is InChI=1S/C22H21NO2/c1-23-22(24)15-18(14-16-10-12-19(25-2)13-11-16)21-9-5-7-17-6-3-4-8-20(17)21/h3-13,15H,14H2,1-2H3,(H,23,24). The van der Waals surface area contributed by atoms with E-state index in [-0.39, 0.29) is 5.91 Å². The van der Waals surface area contributed by atoms with Gasteiger partial charge in [-0.1, -0.05) is 54.6 Å². The number of amides is 1. The molecular formula is C22H21NO2. The minimum absolute atomic E-state index is 0.101. The molecular weight excluding hydrogens is 310 g/mol. The largest absolute Gasteiger partial charge is 0.497 e. The molecule has 25 heavy (non-hydrogen) atoms. The van der Waals surface area contributed by atoms with Crippen LogP contribution in [0.15, 0.2) is 72.8 Å². The van der Waals surface area contributed by atoms with E-state index in [1.165, 1.54) is 0 Å². The molecule has 0 saturated heterocycles. The molecule has 0 bridgehead atoms. The first-order chi connectivity index (χ1) is 12.2. The third kappa shape index (κ3) is 3.89. The lowest BCUT2D eigenvalue weighted by molar-refractivity contribution is -0.116. The van der Waals surface area contributed by atoms with Gasteiger partial charge in [0, 0.05) is 13.1 Å². The summed E-state index contributed by atoms with van der Waals surface area (Å²) in [5.41, 5.74) is 3.20. The summed E-state index contributed by atoms with van der Waals surface area (Å²) >= 11 is 0. The van der Waals surface area contributed by atoms with Gasteiger partial charge in [-0.15, -0.1) is 0 Å². The number of carbonyl (C=O) groups is 1. The van der Waals surface area contributed by atoms with Crippen LogP contribution in [-0.4, -0.2) is 20.1 Å². The van der Waals surface area contributed by atoms with Crippen molar-refractivity contribution in [1.29, 1.82) is 0 Å². The van der Waals surface area contributed by atoms with Crippen molar-refractivity contribution in [2.24, 2.45) is 0 Å². The van der Waals surface area contributed by atoms with Gasteiger partial charge in [0.15, 0.2) is 0 Å². The highest BCUT2D eigenvalue weighted by molar-refractivity contribution is 6.01. The Morgan fingerprint density at radius 2 is 1.72 bits per heavy atom. The maximum Gasteiger partial charge on any atom is 0.244 e. The number of methoxy groups -OCH3 is 1. The number of ether oxygens (including phenoxy) is 1. The first kappa shape index (κ1) is 16.8. The van der Waals surface area contributed by atoms with Crippen molar-refractivity contribution in [3.63, 3.8) is 0 Å². The first-order valence-electron chi connectivity index (χ1n) is 8.24. The molecule has 1 N–H and O–H groups in total. The Morgan fingerprint density at radius 3 is 2.44 bits per heavy atom. The highest BCUT2D eigenvalue weighted by atomic mass is 16.5. The number of rotatable bonds is 5. The number of benzene rings is 3. The Kier molecular flexibility index (Phi) is 5.14. The molecule has 0 fully saturated rings. The molecule has 0 saturated carbocycles. The smallest absolute Gasteiger partial charge is 0.244 e. The minimum atomic E-state index is -0.101. The molecule has 3 aromatic carbocycles. The maximum atomic E-state index is 12.0. The van der Waals surface area contributed by atoms with E-state index in [0.717, 1.165) is 33.2 Å². The zero-order valence-electron chi connectivity index (χ0n) is 14.5. The van der Waals surface area contributed by atoms with E-state index >= 15 is 0 Å². The second-order valence-electron chi connectivity index (χ2n) is 5.84. The van der Waals surface area contributed by atoms with E-state index in [1.807, 2.05) is 42.5 Å². The number of carbonyl (C=O) groups excluding carboxylic acids is 1. The molecule has 0 aliphatic rings. The molecule has 3 rings (SSSR count). The fourth-order valence-corrected chi connectivity index (χ4v) is 2.92. The van der Waals surface area contributed by atoms with Crippen LogP contribution in [0.3, 0.4) is 0 Å². The van der Waals surface area contributed by atoms with Gasteiger partial charge in [0.1, 0.15) is 5.75 Å². The molecule has 0 aliphatic carbocycles. The number of nitrogens with one attached hydrogen (secondary N) is 1. The predicted octanol–water partition coefficient (Wildman–Crippen LogP) is 4.22. The zero-order chi connectivity index (χ0) is 17.6. The Labute approximate surface area is 147 Å². The second-order valence-corrected chi connectivity index (χ2v) is 5.84. The van der Waals surface area contributed by atoms with Crippen molar-refractivity contribution in [2.75, 3.05) is 14.2 Å². The van der Waals surface area contributed by atoms with Crippen LogP contribution in [-0.2, 0) is 11.2 Å². The van der Waals surface area contributed by atoms with Crippen molar-refractivity contribution in [3.05, 3.63) is 83.9 Å². The molecule has 0 unspecified atom stereocenters. The molecule has 3 nitrogen and oxygen atoms in total. The monoisotopic (exact) mass is 331 g/mol. The van der Waals surface area contributed by atoms with E-state index in [0.29, 0.717) is 6.42 Å². The van der Waals surface area contributed by atoms with Gasteiger partial charge in [0.2, 0.25) is 5.91 Å². The van der Waals surface area contributed by atoms with Crippen molar-refractivity contribution in [3.8, 4) is 5.75 Å². The molecule has 0 aliphatic heterocycles. The quantitative estimate of drug-likeness (QED) is 0.711. The highest BCUT2D eigenvalue weighted by Crippen LogP contribution is 2.28. The van der Waals surface area contributed by atoms with Crippen molar-refractivity contribution in [2.45, 2.75) is 6.42 Å². The number of likely N-dealkylation sites (N-methyl/N-ethyl adjacent to an activating group) is 1. The molecule has 0 heterocycles. The zero-order valence-corrected chi connectivity index (χ0v) is 14.5. The van der Waals surface area contributed by atoms with Gasteiger partial charge in [-0.25, -0.2) is 0 Å². The van der Waals surface area contributed by atoms with Gasteiger partial charge in [-0.05, 0) is 46.0 Å². The van der Waals surface area contributed by atoms with Crippen LogP contribution in [0.1, 0.15) is 11.1 Å². The van der Waals surface area contributed by atoms with Crippen LogP contribution >= 0.6 is 0 Å². The number of fused-ring (bicyclic) bond motifs is 1. The molecule has 0 radical (unpaired) electrons. The molecule has 3 aromatic rings. The normalized spacial score (nSPS) is 11.4. The van der Waals surface area contributed by atoms with Crippen LogP contribution in [0, 0.1) is 0 Å². The van der Waals surface area contributed by atoms with E-state index in [4.69, 9.17) is 4.74 Å². The average Bonchev–Trinajstić information content (AvgIpc) is 2.67. The number of allylic oxidation sites excluding steroid dienone is 1. The second kappa shape index (κ2) is 7.67. The van der Waals surface area contributed by atoms with Gasteiger partial charge >= 0.3 is 0 Å². The first-order valence-corrected chi connectivity index (χ1v) is 8.24. The fourth-order valence-electron chi connectivity index (χ4n) is 2.92. The molecule has 3 heteroatoms. The van der Waals surface area contributed by atoms with Gasteiger partial charge in [0.25, 0.3) is 0 Å². The van der Waals surface area contributed by atoms with Crippen molar-refractivity contribution >= 4 is 22.3 Å². The molecule has 0 atom stereocenters. The summed E-state index contributed by atoms with van der Waals surface area (Å²) in [5.74, 6) is 0.724. The van der Waals surface area contributed by atoms with Gasteiger partial charge in [-0.2, -0.15) is 0 Å². The lowest BCUT2D eigenvalue weighted by atomic mass is 9.93. The summed E-state index contributed by atoms with van der Waals surface area (Å²) in [6, 6.07) is 22.4. The van der Waals surface area contributed by atoms with Gasteiger partial charge in [-0.3, -0.25) is 4.79 Å². The highest BCUT2D eigenvalue weighted by Gasteiger charge is 2.09. The van der Waals surface area contributed by atoms with Crippen LogP contribution in [0.25, 0.3) is 16.3 Å². The minimum Gasteiger partial charge on any atom is -0.497 e. The van der Waals surface area contributed by atoms with Gasteiger partial charge < -0.3 is 10.1 Å². The van der Waals surface area contributed by atoms with E-state index in [9.17, 15) is 4.79 Å². The summed E-state index contributed by atoms with van der Waals surface area (Å²) in [5, 5.41) is 4.99. The Hall–Kier alpha value is -3.07. The maximum absolute atomic E-state index is 12.0. The third-order valence-electron chi connectivity index (χ3n) is 4.24. The predicted molar refractivity (Wildman–Crippen MR) is 103 cm³/mol. The molecule has 1 amide bonds. The summed E-state index contributed by atoms with van der Waals surface area (Å²) < 4.78 is 5.22. The van der Waals surface area contributed by atoms with E-state index in [1.54, 1.807) is 20.2 Å². The van der Waals surface area contributed by atoms with Crippen LogP contribution < -0.4 is 10.1 Å². The topological polar surface area (TPSA) is 38.3 Å². The Bertz CT molecular complexity index is 905. The van der Waals surface area contributed by atoms with E-state index < -0.39 is 0 Å². The van der Waals surface area contributed by atoms with E-state index in [2.05, 4.69) is 29.6 Å². The number of hydrogen-bond acceptors (Lipinski definition) is 2. The molecule has 126 valence electrons. The fraction of sp³-hybridized carbons (Fsp3) is 0.136. The Balaban J connectivity index is 2.05.